The molecule has 0 aliphatic heterocycles. The van der Waals surface area contributed by atoms with Gasteiger partial charge in [0.25, 0.3) is 0 Å². The molecule has 0 amide bonds. The summed E-state index contributed by atoms with van der Waals surface area (Å²) in [6, 6.07) is 4.87. The van der Waals surface area contributed by atoms with Gasteiger partial charge in [-0.05, 0) is 30.7 Å². The zero-order chi connectivity index (χ0) is 12.4. The molecule has 1 heterocycles. The average molecular weight is 238 g/mol. The van der Waals surface area contributed by atoms with Crippen LogP contribution >= 0.6 is 0 Å². The van der Waals surface area contributed by atoms with Crippen molar-refractivity contribution in [3.63, 3.8) is 0 Å². The van der Waals surface area contributed by atoms with Crippen LogP contribution in [0, 0.1) is 18.6 Å². The fourth-order valence-electron chi connectivity index (χ4n) is 1.80. The third kappa shape index (κ3) is 2.71. The van der Waals surface area contributed by atoms with E-state index in [0.29, 0.717) is 16.9 Å². The van der Waals surface area contributed by atoms with Crippen molar-refractivity contribution in [3.8, 4) is 0 Å². The molecule has 2 aromatic rings. The quantitative estimate of drug-likeness (QED) is 0.891. The van der Waals surface area contributed by atoms with Gasteiger partial charge >= 0.3 is 0 Å². The number of hydrogen-bond acceptors (Lipinski definition) is 2. The molecular formula is C13H12F2O2. The Bertz CT molecular complexity index is 500. The zero-order valence-electron chi connectivity index (χ0n) is 9.28. The Balaban J connectivity index is 2.18. The van der Waals surface area contributed by atoms with E-state index >= 15 is 0 Å². The molecule has 1 unspecified atom stereocenters. The van der Waals surface area contributed by atoms with Crippen LogP contribution < -0.4 is 0 Å². The second-order valence-corrected chi connectivity index (χ2v) is 3.93. The molecule has 1 aromatic heterocycles. The molecule has 0 spiro atoms. The summed E-state index contributed by atoms with van der Waals surface area (Å²) in [5, 5.41) is 9.92. The average Bonchev–Trinajstić information content (AvgIpc) is 2.62. The summed E-state index contributed by atoms with van der Waals surface area (Å²) >= 11 is 0. The van der Waals surface area contributed by atoms with E-state index in [1.165, 1.54) is 18.4 Å². The number of rotatable bonds is 3. The molecule has 1 atom stereocenters. The van der Waals surface area contributed by atoms with Crippen LogP contribution in [0.1, 0.15) is 23.0 Å². The van der Waals surface area contributed by atoms with E-state index in [1.807, 2.05) is 0 Å². The lowest BCUT2D eigenvalue weighted by atomic mass is 10.0. The van der Waals surface area contributed by atoms with Crippen LogP contribution in [0.3, 0.4) is 0 Å². The van der Waals surface area contributed by atoms with E-state index in [2.05, 4.69) is 0 Å². The molecule has 2 nitrogen and oxygen atoms in total. The van der Waals surface area contributed by atoms with E-state index < -0.39 is 17.7 Å². The van der Waals surface area contributed by atoms with Crippen LogP contribution in [0.15, 0.2) is 34.9 Å². The third-order valence-electron chi connectivity index (χ3n) is 2.61. The monoisotopic (exact) mass is 238 g/mol. The zero-order valence-corrected chi connectivity index (χ0v) is 9.28. The molecule has 0 aliphatic rings. The Labute approximate surface area is 97.5 Å². The molecule has 90 valence electrons. The highest BCUT2D eigenvalue weighted by molar-refractivity contribution is 5.24. The summed E-state index contributed by atoms with van der Waals surface area (Å²) in [6.45, 7) is 1.73. The molecule has 2 rings (SSSR count). The van der Waals surface area contributed by atoms with Crippen molar-refractivity contribution in [3.05, 3.63) is 59.1 Å². The van der Waals surface area contributed by atoms with Crippen molar-refractivity contribution >= 4 is 0 Å². The summed E-state index contributed by atoms with van der Waals surface area (Å²) < 4.78 is 31.0. The largest absolute Gasteiger partial charge is 0.469 e. The van der Waals surface area contributed by atoms with Crippen molar-refractivity contribution < 1.29 is 18.3 Å². The number of furan rings is 1. The molecule has 0 radical (unpaired) electrons. The van der Waals surface area contributed by atoms with E-state index in [4.69, 9.17) is 4.42 Å². The first-order valence-electron chi connectivity index (χ1n) is 5.23. The van der Waals surface area contributed by atoms with Gasteiger partial charge < -0.3 is 9.52 Å². The van der Waals surface area contributed by atoms with Crippen LogP contribution in [0.4, 0.5) is 8.78 Å². The molecule has 0 saturated heterocycles. The summed E-state index contributed by atoms with van der Waals surface area (Å²) in [6.07, 6.45) is 0.796. The van der Waals surface area contributed by atoms with Crippen LogP contribution in [0.5, 0.6) is 0 Å². The predicted molar refractivity (Wildman–Crippen MR) is 58.5 cm³/mol. The number of halogens is 2. The molecule has 0 aliphatic carbocycles. The van der Waals surface area contributed by atoms with E-state index in [-0.39, 0.29) is 6.42 Å². The summed E-state index contributed by atoms with van der Waals surface area (Å²) in [4.78, 5) is 0. The van der Waals surface area contributed by atoms with Crippen molar-refractivity contribution in [1.82, 2.24) is 0 Å². The van der Waals surface area contributed by atoms with Gasteiger partial charge in [-0.15, -0.1) is 0 Å². The summed E-state index contributed by atoms with van der Waals surface area (Å²) in [5.74, 6) is -0.679. The first-order valence-corrected chi connectivity index (χ1v) is 5.23. The van der Waals surface area contributed by atoms with Gasteiger partial charge in [0.2, 0.25) is 0 Å². The van der Waals surface area contributed by atoms with Gasteiger partial charge in [0.1, 0.15) is 17.4 Å². The Kier molecular flexibility index (Phi) is 3.24. The maximum absolute atomic E-state index is 13.0. The molecule has 17 heavy (non-hydrogen) atoms. The Morgan fingerprint density at radius 1 is 1.24 bits per heavy atom. The van der Waals surface area contributed by atoms with Crippen molar-refractivity contribution in [2.24, 2.45) is 0 Å². The molecule has 1 aromatic carbocycles. The van der Waals surface area contributed by atoms with Crippen molar-refractivity contribution in [1.29, 1.82) is 0 Å². The minimum atomic E-state index is -0.824. The number of benzene rings is 1. The number of aliphatic hydroxyl groups is 1. The van der Waals surface area contributed by atoms with E-state index in [0.717, 1.165) is 6.07 Å². The lowest BCUT2D eigenvalue weighted by molar-refractivity contribution is 0.176. The van der Waals surface area contributed by atoms with Crippen molar-refractivity contribution in [2.75, 3.05) is 0 Å². The maximum Gasteiger partial charge on any atom is 0.126 e. The standard InChI is InChI=1S/C13H12F2O2/c1-8-12(2-3-17-8)13(16)6-9-4-10(14)7-11(15)5-9/h2-5,7,13,16H,6H2,1H3. The lowest BCUT2D eigenvalue weighted by Gasteiger charge is -2.10. The molecule has 0 bridgehead atoms. The van der Waals surface area contributed by atoms with Gasteiger partial charge in [-0.1, -0.05) is 0 Å². The van der Waals surface area contributed by atoms with Crippen LogP contribution in [-0.2, 0) is 6.42 Å². The summed E-state index contributed by atoms with van der Waals surface area (Å²) in [5.41, 5.74) is 1.05. The maximum atomic E-state index is 13.0. The van der Waals surface area contributed by atoms with Gasteiger partial charge in [-0.2, -0.15) is 0 Å². The first kappa shape index (κ1) is 11.8. The predicted octanol–water partition coefficient (Wildman–Crippen LogP) is 3.14. The van der Waals surface area contributed by atoms with Crippen LogP contribution in [0.25, 0.3) is 0 Å². The van der Waals surface area contributed by atoms with E-state index in [1.54, 1.807) is 13.0 Å². The summed E-state index contributed by atoms with van der Waals surface area (Å²) in [7, 11) is 0. The number of aryl methyl sites for hydroxylation is 1. The molecule has 1 N–H and O–H groups in total. The smallest absolute Gasteiger partial charge is 0.126 e. The highest BCUT2D eigenvalue weighted by atomic mass is 19.1. The normalized spacial score (nSPS) is 12.7. The minimum absolute atomic E-state index is 0.148. The first-order chi connectivity index (χ1) is 8.06. The van der Waals surface area contributed by atoms with Crippen molar-refractivity contribution in [2.45, 2.75) is 19.4 Å². The SMILES string of the molecule is Cc1occc1C(O)Cc1cc(F)cc(F)c1. The topological polar surface area (TPSA) is 33.4 Å². The van der Waals surface area contributed by atoms with Gasteiger partial charge in [0.05, 0.1) is 12.4 Å². The highest BCUT2D eigenvalue weighted by Crippen LogP contribution is 2.23. The van der Waals surface area contributed by atoms with Crippen LogP contribution in [0.2, 0.25) is 0 Å². The van der Waals surface area contributed by atoms with Gasteiger partial charge in [-0.3, -0.25) is 0 Å². The Hall–Kier alpha value is -1.68. The highest BCUT2D eigenvalue weighted by Gasteiger charge is 2.14. The number of aliphatic hydroxyl groups excluding tert-OH is 1. The second-order valence-electron chi connectivity index (χ2n) is 3.93. The van der Waals surface area contributed by atoms with E-state index in [9.17, 15) is 13.9 Å². The minimum Gasteiger partial charge on any atom is -0.469 e. The van der Waals surface area contributed by atoms with Gasteiger partial charge in [0.15, 0.2) is 0 Å². The molecule has 4 heteroatoms. The Morgan fingerprint density at radius 2 is 1.88 bits per heavy atom. The molecule has 0 saturated carbocycles. The molecule has 0 fully saturated rings. The second kappa shape index (κ2) is 4.67. The number of hydrogen-bond donors (Lipinski definition) is 1. The molecular weight excluding hydrogens is 226 g/mol. The van der Waals surface area contributed by atoms with Gasteiger partial charge in [0, 0.05) is 18.1 Å². The van der Waals surface area contributed by atoms with Gasteiger partial charge in [-0.25, -0.2) is 8.78 Å². The lowest BCUT2D eigenvalue weighted by Crippen LogP contribution is -2.02. The Morgan fingerprint density at radius 3 is 2.41 bits per heavy atom. The van der Waals surface area contributed by atoms with Crippen LogP contribution in [-0.4, -0.2) is 5.11 Å². The fourth-order valence-corrected chi connectivity index (χ4v) is 1.80. The fraction of sp³-hybridized carbons (Fsp3) is 0.231. The third-order valence-corrected chi connectivity index (χ3v) is 2.61.